The van der Waals surface area contributed by atoms with E-state index in [9.17, 15) is 0 Å². The Morgan fingerprint density at radius 2 is 0.800 bits per heavy atom. The molecule has 0 saturated heterocycles. The van der Waals surface area contributed by atoms with Gasteiger partial charge >= 0.3 is 0 Å². The highest BCUT2D eigenvalue weighted by atomic mass is 15.2. The standard InChI is InChI=1S/C43H30N2/c1-3-16-31(17-4-1)43(32-18-5-2-6-19-32)37-24-9-13-28-41(37)45(42-29-14-10-25-38(42)43)34-21-15-20-33(30-34)44-39-26-11-7-22-35(39)36-23-8-12-27-40(36)44/h1-30H. The molecule has 0 radical (unpaired) electrons. The van der Waals surface area contributed by atoms with Gasteiger partial charge in [0.1, 0.15) is 0 Å². The van der Waals surface area contributed by atoms with Crippen LogP contribution in [0.5, 0.6) is 0 Å². The zero-order valence-corrected chi connectivity index (χ0v) is 24.7. The molecule has 0 bridgehead atoms. The summed E-state index contributed by atoms with van der Waals surface area (Å²) in [6, 6.07) is 66.2. The average Bonchev–Trinajstić information content (AvgIpc) is 3.46. The summed E-state index contributed by atoms with van der Waals surface area (Å²) in [6.07, 6.45) is 0. The van der Waals surface area contributed by atoms with Crippen LogP contribution in [-0.4, -0.2) is 4.57 Å². The first-order chi connectivity index (χ1) is 22.4. The number of hydrogen-bond acceptors (Lipinski definition) is 1. The van der Waals surface area contributed by atoms with E-state index in [0.29, 0.717) is 0 Å². The third kappa shape index (κ3) is 3.69. The number of anilines is 3. The van der Waals surface area contributed by atoms with E-state index in [1.165, 1.54) is 55.4 Å². The summed E-state index contributed by atoms with van der Waals surface area (Å²) in [5, 5.41) is 2.53. The number of para-hydroxylation sites is 4. The lowest BCUT2D eigenvalue weighted by atomic mass is 9.62. The molecule has 45 heavy (non-hydrogen) atoms. The molecule has 0 fully saturated rings. The number of benzene rings is 7. The van der Waals surface area contributed by atoms with Crippen LogP contribution in [0.1, 0.15) is 22.3 Å². The van der Waals surface area contributed by atoms with Crippen molar-refractivity contribution in [1.29, 1.82) is 0 Å². The number of hydrogen-bond donors (Lipinski definition) is 0. The first-order valence-electron chi connectivity index (χ1n) is 15.5. The highest BCUT2D eigenvalue weighted by Gasteiger charge is 2.46. The van der Waals surface area contributed by atoms with E-state index in [2.05, 4.69) is 191 Å². The Hall–Kier alpha value is -5.86. The second kappa shape index (κ2) is 10.1. The van der Waals surface area contributed by atoms with E-state index in [-0.39, 0.29) is 0 Å². The second-order valence-corrected chi connectivity index (χ2v) is 11.7. The molecule has 0 atom stereocenters. The van der Waals surface area contributed by atoms with Crippen molar-refractivity contribution in [1.82, 2.24) is 4.57 Å². The van der Waals surface area contributed by atoms with Crippen LogP contribution >= 0.6 is 0 Å². The van der Waals surface area contributed by atoms with Crippen molar-refractivity contribution in [2.45, 2.75) is 5.41 Å². The smallest absolute Gasteiger partial charge is 0.0742 e. The summed E-state index contributed by atoms with van der Waals surface area (Å²) in [5.74, 6) is 0. The van der Waals surface area contributed by atoms with Crippen molar-refractivity contribution in [3.05, 3.63) is 204 Å². The molecule has 0 amide bonds. The lowest BCUT2D eigenvalue weighted by molar-refractivity contribution is 0.731. The monoisotopic (exact) mass is 574 g/mol. The summed E-state index contributed by atoms with van der Waals surface area (Å²) < 4.78 is 2.40. The number of aromatic nitrogens is 1. The van der Waals surface area contributed by atoms with Gasteiger partial charge in [-0.15, -0.1) is 0 Å². The molecule has 2 heterocycles. The van der Waals surface area contributed by atoms with Crippen molar-refractivity contribution in [3.8, 4) is 5.69 Å². The normalized spacial score (nSPS) is 13.5. The highest BCUT2D eigenvalue weighted by molar-refractivity contribution is 6.09. The number of rotatable bonds is 4. The van der Waals surface area contributed by atoms with Gasteiger partial charge < -0.3 is 9.47 Å². The third-order valence-electron chi connectivity index (χ3n) is 9.44. The summed E-state index contributed by atoms with van der Waals surface area (Å²) in [6.45, 7) is 0. The van der Waals surface area contributed by atoms with Crippen molar-refractivity contribution in [3.63, 3.8) is 0 Å². The molecular formula is C43H30N2. The van der Waals surface area contributed by atoms with Gasteiger partial charge in [-0.1, -0.05) is 140 Å². The van der Waals surface area contributed by atoms with Crippen LogP contribution in [0.2, 0.25) is 0 Å². The Balaban J connectivity index is 1.33. The third-order valence-corrected chi connectivity index (χ3v) is 9.44. The summed E-state index contributed by atoms with van der Waals surface area (Å²) in [5.41, 5.74) is 11.6. The maximum atomic E-state index is 2.45. The fourth-order valence-corrected chi connectivity index (χ4v) is 7.66. The predicted molar refractivity (Wildman–Crippen MR) is 187 cm³/mol. The summed E-state index contributed by atoms with van der Waals surface area (Å²) in [7, 11) is 0. The van der Waals surface area contributed by atoms with Crippen molar-refractivity contribution >= 4 is 38.9 Å². The van der Waals surface area contributed by atoms with Crippen molar-refractivity contribution in [2.75, 3.05) is 4.90 Å². The maximum absolute atomic E-state index is 2.45. The molecule has 7 aromatic carbocycles. The van der Waals surface area contributed by atoms with E-state index in [0.717, 1.165) is 11.4 Å². The van der Waals surface area contributed by atoms with Crippen LogP contribution in [-0.2, 0) is 5.41 Å². The Morgan fingerprint density at radius 3 is 1.36 bits per heavy atom. The van der Waals surface area contributed by atoms with Crippen molar-refractivity contribution in [2.24, 2.45) is 0 Å². The number of fused-ring (bicyclic) bond motifs is 5. The average molecular weight is 575 g/mol. The molecule has 0 aliphatic carbocycles. The lowest BCUT2D eigenvalue weighted by Crippen LogP contribution is -2.37. The largest absolute Gasteiger partial charge is 0.310 e. The molecular weight excluding hydrogens is 544 g/mol. The van der Waals surface area contributed by atoms with Crippen LogP contribution in [0.15, 0.2) is 182 Å². The van der Waals surface area contributed by atoms with Gasteiger partial charge in [-0.2, -0.15) is 0 Å². The molecule has 1 aromatic heterocycles. The summed E-state index contributed by atoms with van der Waals surface area (Å²) in [4.78, 5) is 2.45. The summed E-state index contributed by atoms with van der Waals surface area (Å²) >= 11 is 0. The van der Waals surface area contributed by atoms with Gasteiger partial charge in [-0.3, -0.25) is 0 Å². The Bertz CT molecular complexity index is 2190. The molecule has 8 aromatic rings. The van der Waals surface area contributed by atoms with E-state index in [4.69, 9.17) is 0 Å². The molecule has 1 aliphatic rings. The molecule has 9 rings (SSSR count). The molecule has 2 nitrogen and oxygen atoms in total. The van der Waals surface area contributed by atoms with Gasteiger partial charge in [0, 0.05) is 22.1 Å². The van der Waals surface area contributed by atoms with Crippen LogP contribution in [0.25, 0.3) is 27.5 Å². The van der Waals surface area contributed by atoms with Gasteiger partial charge in [0.2, 0.25) is 0 Å². The molecule has 2 heteroatoms. The molecule has 0 spiro atoms. The minimum Gasteiger partial charge on any atom is -0.310 e. The fourth-order valence-electron chi connectivity index (χ4n) is 7.66. The number of nitrogens with zero attached hydrogens (tertiary/aromatic N) is 2. The minimum atomic E-state index is -0.476. The Labute approximate surface area is 263 Å². The highest BCUT2D eigenvalue weighted by Crippen LogP contribution is 2.57. The molecule has 0 unspecified atom stereocenters. The van der Waals surface area contributed by atoms with E-state index in [1.54, 1.807) is 0 Å². The van der Waals surface area contributed by atoms with E-state index < -0.39 is 5.41 Å². The first kappa shape index (κ1) is 25.6. The van der Waals surface area contributed by atoms with Crippen LogP contribution in [0, 0.1) is 0 Å². The minimum absolute atomic E-state index is 0.476. The van der Waals surface area contributed by atoms with Crippen LogP contribution in [0.4, 0.5) is 17.1 Å². The van der Waals surface area contributed by atoms with Gasteiger partial charge in [0.05, 0.1) is 27.8 Å². The maximum Gasteiger partial charge on any atom is 0.0742 e. The Morgan fingerprint density at radius 1 is 0.356 bits per heavy atom. The van der Waals surface area contributed by atoms with Gasteiger partial charge in [-0.25, -0.2) is 0 Å². The second-order valence-electron chi connectivity index (χ2n) is 11.7. The van der Waals surface area contributed by atoms with Gasteiger partial charge in [-0.05, 0) is 64.7 Å². The quantitative estimate of drug-likeness (QED) is 0.203. The van der Waals surface area contributed by atoms with E-state index >= 15 is 0 Å². The lowest BCUT2D eigenvalue weighted by Gasteiger charge is -2.46. The molecule has 0 saturated carbocycles. The Kier molecular flexibility index (Phi) is 5.76. The van der Waals surface area contributed by atoms with Gasteiger partial charge in [0.25, 0.3) is 0 Å². The molecule has 212 valence electrons. The van der Waals surface area contributed by atoms with E-state index in [1.807, 2.05) is 0 Å². The zero-order chi connectivity index (χ0) is 29.8. The topological polar surface area (TPSA) is 8.17 Å². The van der Waals surface area contributed by atoms with Gasteiger partial charge in [0.15, 0.2) is 0 Å². The predicted octanol–water partition coefficient (Wildman–Crippen LogP) is 10.9. The van der Waals surface area contributed by atoms with Crippen LogP contribution in [0.3, 0.4) is 0 Å². The first-order valence-corrected chi connectivity index (χ1v) is 15.5. The zero-order valence-electron chi connectivity index (χ0n) is 24.7. The molecule has 1 aliphatic heterocycles. The van der Waals surface area contributed by atoms with Crippen molar-refractivity contribution < 1.29 is 0 Å². The fraction of sp³-hybridized carbons (Fsp3) is 0.0233. The van der Waals surface area contributed by atoms with Crippen LogP contribution < -0.4 is 4.90 Å². The SMILES string of the molecule is c1ccc(C2(c3ccccc3)c3ccccc3N(c3cccc(-n4c5ccccc5c5ccccc54)c3)c3ccccc32)cc1. The molecule has 0 N–H and O–H groups in total.